The lowest BCUT2D eigenvalue weighted by Crippen LogP contribution is -2.33. The van der Waals surface area contributed by atoms with E-state index in [1.54, 1.807) is 0 Å². The predicted octanol–water partition coefficient (Wildman–Crippen LogP) is 3.66. The molecule has 0 fully saturated rings. The smallest absolute Gasteiger partial charge is 0.122 e. The number of benzene rings is 2. The first-order chi connectivity index (χ1) is 11.7. The van der Waals surface area contributed by atoms with Crippen LogP contribution in [-0.4, -0.2) is 24.3 Å². The third kappa shape index (κ3) is 4.37. The van der Waals surface area contributed by atoms with Gasteiger partial charge in [0.1, 0.15) is 5.75 Å². The van der Waals surface area contributed by atoms with Crippen LogP contribution < -0.4 is 10.1 Å². The molecule has 3 rings (SSSR count). The van der Waals surface area contributed by atoms with Crippen molar-refractivity contribution < 1.29 is 9.84 Å². The predicted molar refractivity (Wildman–Crippen MR) is 97.4 cm³/mol. The SMILES string of the molecule is CC(NCCCCc1ccccc1)C(O)c1ccc2c(c1)CCO2. The Hall–Kier alpha value is -1.84. The molecule has 0 saturated heterocycles. The third-order valence-electron chi connectivity index (χ3n) is 4.73. The van der Waals surface area contributed by atoms with E-state index in [2.05, 4.69) is 41.7 Å². The van der Waals surface area contributed by atoms with Crippen LogP contribution in [0, 0.1) is 0 Å². The normalized spacial score (nSPS) is 15.6. The summed E-state index contributed by atoms with van der Waals surface area (Å²) in [6.07, 6.45) is 3.85. The molecule has 0 saturated carbocycles. The summed E-state index contributed by atoms with van der Waals surface area (Å²) in [4.78, 5) is 0. The molecule has 1 aliphatic rings. The van der Waals surface area contributed by atoms with Crippen molar-refractivity contribution in [2.45, 2.75) is 44.8 Å². The second-order valence-electron chi connectivity index (χ2n) is 6.60. The average molecular weight is 325 g/mol. The van der Waals surface area contributed by atoms with Gasteiger partial charge in [-0.15, -0.1) is 0 Å². The maximum absolute atomic E-state index is 10.6. The zero-order chi connectivity index (χ0) is 16.8. The number of aryl methyl sites for hydroxylation is 1. The Labute approximate surface area is 144 Å². The minimum atomic E-state index is -0.481. The van der Waals surface area contributed by atoms with Gasteiger partial charge in [0.25, 0.3) is 0 Å². The van der Waals surface area contributed by atoms with Crippen molar-refractivity contribution >= 4 is 0 Å². The number of fused-ring (bicyclic) bond motifs is 1. The molecule has 0 bridgehead atoms. The minimum Gasteiger partial charge on any atom is -0.493 e. The molecule has 2 aromatic carbocycles. The summed E-state index contributed by atoms with van der Waals surface area (Å²) < 4.78 is 5.52. The standard InChI is InChI=1S/C21H27NO2/c1-16(22-13-6-5-9-17-7-3-2-4-8-17)21(23)19-10-11-20-18(15-19)12-14-24-20/h2-4,7-8,10-11,15-16,21-23H,5-6,9,12-14H2,1H3. The van der Waals surface area contributed by atoms with E-state index in [9.17, 15) is 5.11 Å². The van der Waals surface area contributed by atoms with Crippen LogP contribution in [-0.2, 0) is 12.8 Å². The van der Waals surface area contributed by atoms with Gasteiger partial charge in [-0.25, -0.2) is 0 Å². The second-order valence-corrected chi connectivity index (χ2v) is 6.60. The molecule has 128 valence electrons. The highest BCUT2D eigenvalue weighted by molar-refractivity contribution is 5.40. The Kier molecular flexibility index (Phi) is 5.89. The fourth-order valence-electron chi connectivity index (χ4n) is 3.22. The summed E-state index contributed by atoms with van der Waals surface area (Å²) in [7, 11) is 0. The molecule has 2 aromatic rings. The number of aliphatic hydroxyl groups is 1. The highest BCUT2D eigenvalue weighted by atomic mass is 16.5. The molecule has 0 radical (unpaired) electrons. The molecule has 2 atom stereocenters. The van der Waals surface area contributed by atoms with Crippen LogP contribution in [0.25, 0.3) is 0 Å². The number of rotatable bonds is 8. The molecular weight excluding hydrogens is 298 g/mol. The number of ether oxygens (including phenoxy) is 1. The molecule has 0 aliphatic carbocycles. The average Bonchev–Trinajstić information content (AvgIpc) is 3.09. The van der Waals surface area contributed by atoms with E-state index in [-0.39, 0.29) is 6.04 Å². The molecule has 0 spiro atoms. The van der Waals surface area contributed by atoms with Gasteiger partial charge < -0.3 is 15.2 Å². The number of hydrogen-bond donors (Lipinski definition) is 2. The van der Waals surface area contributed by atoms with Crippen LogP contribution in [0.4, 0.5) is 0 Å². The lowest BCUT2D eigenvalue weighted by molar-refractivity contribution is 0.136. The number of unbranched alkanes of at least 4 members (excludes halogenated alkanes) is 1. The number of hydrogen-bond acceptors (Lipinski definition) is 3. The molecule has 24 heavy (non-hydrogen) atoms. The van der Waals surface area contributed by atoms with E-state index in [4.69, 9.17) is 4.74 Å². The molecule has 3 heteroatoms. The molecule has 0 amide bonds. The van der Waals surface area contributed by atoms with E-state index in [0.717, 1.165) is 50.1 Å². The summed E-state index contributed by atoms with van der Waals surface area (Å²) >= 11 is 0. The van der Waals surface area contributed by atoms with Crippen molar-refractivity contribution in [2.75, 3.05) is 13.2 Å². The van der Waals surface area contributed by atoms with Gasteiger partial charge in [0.15, 0.2) is 0 Å². The Balaban J connectivity index is 1.40. The van der Waals surface area contributed by atoms with E-state index in [1.807, 2.05) is 19.1 Å². The molecule has 2 N–H and O–H groups in total. The van der Waals surface area contributed by atoms with Gasteiger partial charge in [0.2, 0.25) is 0 Å². The van der Waals surface area contributed by atoms with Crippen molar-refractivity contribution in [3.05, 3.63) is 65.2 Å². The molecule has 1 aliphatic heterocycles. The van der Waals surface area contributed by atoms with E-state index in [0.29, 0.717) is 0 Å². The highest BCUT2D eigenvalue weighted by Gasteiger charge is 2.19. The molecule has 0 aromatic heterocycles. The summed E-state index contributed by atoms with van der Waals surface area (Å²) in [5.74, 6) is 0.965. The van der Waals surface area contributed by atoms with Crippen LogP contribution in [0.5, 0.6) is 5.75 Å². The first-order valence-electron chi connectivity index (χ1n) is 8.95. The van der Waals surface area contributed by atoms with Crippen LogP contribution >= 0.6 is 0 Å². The Morgan fingerprint density at radius 1 is 1.12 bits per heavy atom. The first kappa shape index (κ1) is 17.0. The Bertz CT molecular complexity index is 642. The fraction of sp³-hybridized carbons (Fsp3) is 0.429. The zero-order valence-corrected chi connectivity index (χ0v) is 14.4. The summed E-state index contributed by atoms with van der Waals surface area (Å²) in [5.41, 5.74) is 3.58. The Morgan fingerprint density at radius 3 is 2.79 bits per heavy atom. The Morgan fingerprint density at radius 2 is 1.96 bits per heavy atom. The summed E-state index contributed by atoms with van der Waals surface area (Å²) in [5, 5.41) is 14.0. The largest absolute Gasteiger partial charge is 0.493 e. The topological polar surface area (TPSA) is 41.5 Å². The fourth-order valence-corrected chi connectivity index (χ4v) is 3.22. The van der Waals surface area contributed by atoms with Crippen molar-refractivity contribution in [1.82, 2.24) is 5.32 Å². The van der Waals surface area contributed by atoms with Crippen LogP contribution in [0.15, 0.2) is 48.5 Å². The molecule has 1 heterocycles. The van der Waals surface area contributed by atoms with Crippen molar-refractivity contribution in [1.29, 1.82) is 0 Å². The van der Waals surface area contributed by atoms with Gasteiger partial charge in [-0.1, -0.05) is 36.4 Å². The van der Waals surface area contributed by atoms with Gasteiger partial charge >= 0.3 is 0 Å². The van der Waals surface area contributed by atoms with E-state index < -0.39 is 6.10 Å². The number of nitrogens with one attached hydrogen (secondary N) is 1. The monoisotopic (exact) mass is 325 g/mol. The summed E-state index contributed by atoms with van der Waals surface area (Å²) in [6.45, 7) is 3.73. The quantitative estimate of drug-likeness (QED) is 0.728. The van der Waals surface area contributed by atoms with Gasteiger partial charge in [-0.05, 0) is 61.6 Å². The van der Waals surface area contributed by atoms with Crippen LogP contribution in [0.1, 0.15) is 42.6 Å². The maximum atomic E-state index is 10.6. The van der Waals surface area contributed by atoms with Crippen molar-refractivity contribution in [3.8, 4) is 5.75 Å². The minimum absolute atomic E-state index is 0.0436. The third-order valence-corrected chi connectivity index (χ3v) is 4.73. The zero-order valence-electron chi connectivity index (χ0n) is 14.4. The van der Waals surface area contributed by atoms with Gasteiger partial charge in [0.05, 0.1) is 12.7 Å². The van der Waals surface area contributed by atoms with Crippen LogP contribution in [0.3, 0.4) is 0 Å². The van der Waals surface area contributed by atoms with Crippen molar-refractivity contribution in [2.24, 2.45) is 0 Å². The van der Waals surface area contributed by atoms with Gasteiger partial charge in [0, 0.05) is 12.5 Å². The van der Waals surface area contributed by atoms with Gasteiger partial charge in [-0.3, -0.25) is 0 Å². The second kappa shape index (κ2) is 8.32. The molecule has 2 unspecified atom stereocenters. The molecule has 3 nitrogen and oxygen atoms in total. The maximum Gasteiger partial charge on any atom is 0.122 e. The van der Waals surface area contributed by atoms with Crippen molar-refractivity contribution in [3.63, 3.8) is 0 Å². The van der Waals surface area contributed by atoms with E-state index >= 15 is 0 Å². The van der Waals surface area contributed by atoms with Gasteiger partial charge in [-0.2, -0.15) is 0 Å². The lowest BCUT2D eigenvalue weighted by Gasteiger charge is -2.21. The highest BCUT2D eigenvalue weighted by Crippen LogP contribution is 2.29. The van der Waals surface area contributed by atoms with Crippen LogP contribution in [0.2, 0.25) is 0 Å². The number of aliphatic hydroxyl groups excluding tert-OH is 1. The molecular formula is C21H27NO2. The lowest BCUT2D eigenvalue weighted by atomic mass is 10.00. The first-order valence-corrected chi connectivity index (χ1v) is 8.95. The summed E-state index contributed by atoms with van der Waals surface area (Å²) in [6, 6.07) is 16.7. The van der Waals surface area contributed by atoms with E-state index in [1.165, 1.54) is 11.1 Å².